The molecule has 1 amide bonds. The van der Waals surface area contributed by atoms with Crippen molar-refractivity contribution in [2.75, 3.05) is 47.0 Å². The summed E-state index contributed by atoms with van der Waals surface area (Å²) in [7, 11) is 3.60. The Balaban J connectivity index is 1.45. The van der Waals surface area contributed by atoms with Crippen LogP contribution in [0.25, 0.3) is 43.9 Å². The van der Waals surface area contributed by atoms with Crippen LogP contribution >= 0.6 is 11.3 Å². The van der Waals surface area contributed by atoms with Crippen LogP contribution in [0.2, 0.25) is 0 Å². The van der Waals surface area contributed by atoms with Crippen molar-refractivity contribution in [2.45, 2.75) is 25.6 Å². The number of methoxy groups -OCH3 is 1. The zero-order chi connectivity index (χ0) is 32.1. The lowest BCUT2D eigenvalue weighted by atomic mass is 9.96. The van der Waals surface area contributed by atoms with Gasteiger partial charge < -0.3 is 19.3 Å². The van der Waals surface area contributed by atoms with Crippen LogP contribution in [-0.2, 0) is 16.1 Å². The summed E-state index contributed by atoms with van der Waals surface area (Å²) < 4.78 is 46.3. The molecule has 46 heavy (non-hydrogen) atoms. The Morgan fingerprint density at radius 2 is 1.98 bits per heavy atom. The molecule has 5 aromatic rings. The number of fused-ring (bicyclic) bond motifs is 2. The molecule has 0 aliphatic carbocycles. The second-order valence-corrected chi connectivity index (χ2v) is 12.5. The van der Waals surface area contributed by atoms with Gasteiger partial charge in [0.25, 0.3) is 0 Å². The van der Waals surface area contributed by atoms with Crippen LogP contribution in [0.4, 0.5) is 8.78 Å². The number of carbonyl (C=O) groups excluding carboxylic acids is 1. The number of carbonyl (C=O) groups is 1. The SMILES string of the molecule is C=CC(=O)N1CCn2nc(-c3nc(-c4cnn(C5CN(C)C5)c4)c4ccsc4c3-c3c(F)cc(F)cc3OCCOC)cc2C1C. The molecule has 0 radical (unpaired) electrons. The summed E-state index contributed by atoms with van der Waals surface area (Å²) in [5.41, 5.74) is 3.78. The molecule has 1 aromatic carbocycles. The van der Waals surface area contributed by atoms with Crippen molar-refractivity contribution in [1.82, 2.24) is 34.3 Å². The number of benzene rings is 1. The minimum atomic E-state index is -0.778. The summed E-state index contributed by atoms with van der Waals surface area (Å²) in [6, 6.07) is 5.89. The van der Waals surface area contributed by atoms with E-state index in [1.807, 2.05) is 40.0 Å². The lowest BCUT2D eigenvalue weighted by Gasteiger charge is -2.36. The van der Waals surface area contributed by atoms with Gasteiger partial charge in [-0.05, 0) is 37.6 Å². The molecule has 4 aromatic heterocycles. The van der Waals surface area contributed by atoms with Gasteiger partial charge in [0.2, 0.25) is 5.91 Å². The van der Waals surface area contributed by atoms with Gasteiger partial charge in [-0.25, -0.2) is 13.8 Å². The van der Waals surface area contributed by atoms with Crippen molar-refractivity contribution in [1.29, 1.82) is 0 Å². The Morgan fingerprint density at radius 1 is 1.15 bits per heavy atom. The molecule has 2 aliphatic heterocycles. The Kier molecular flexibility index (Phi) is 7.91. The number of likely N-dealkylation sites (N-methyl/N-ethyl adjacent to an activating group) is 1. The van der Waals surface area contributed by atoms with Crippen LogP contribution in [0.3, 0.4) is 0 Å². The first-order valence-corrected chi connectivity index (χ1v) is 15.9. The predicted molar refractivity (Wildman–Crippen MR) is 172 cm³/mol. The van der Waals surface area contributed by atoms with Gasteiger partial charge >= 0.3 is 0 Å². The third-order valence-electron chi connectivity index (χ3n) is 8.68. The lowest BCUT2D eigenvalue weighted by molar-refractivity contribution is -0.129. The molecule has 2 aliphatic rings. The number of thiophene rings is 1. The third kappa shape index (κ3) is 5.17. The van der Waals surface area contributed by atoms with E-state index in [0.717, 1.165) is 40.5 Å². The fraction of sp³-hybridized carbons (Fsp3) is 0.333. The smallest absolute Gasteiger partial charge is 0.246 e. The Morgan fingerprint density at radius 3 is 2.74 bits per heavy atom. The molecular weight excluding hydrogens is 612 g/mol. The van der Waals surface area contributed by atoms with Gasteiger partial charge in [0.1, 0.15) is 35.4 Å². The number of hydrogen-bond donors (Lipinski definition) is 0. The number of amides is 1. The highest BCUT2D eigenvalue weighted by Crippen LogP contribution is 2.47. The second kappa shape index (κ2) is 12.0. The first kappa shape index (κ1) is 30.2. The highest BCUT2D eigenvalue weighted by molar-refractivity contribution is 7.18. The van der Waals surface area contributed by atoms with Crippen LogP contribution in [0.15, 0.2) is 54.7 Å². The van der Waals surface area contributed by atoms with Crippen molar-refractivity contribution in [3.63, 3.8) is 0 Å². The zero-order valence-corrected chi connectivity index (χ0v) is 26.6. The van der Waals surface area contributed by atoms with Crippen LogP contribution in [0, 0.1) is 11.6 Å². The van der Waals surface area contributed by atoms with Gasteiger partial charge in [-0.15, -0.1) is 11.3 Å². The van der Waals surface area contributed by atoms with Crippen LogP contribution in [0.1, 0.15) is 24.7 Å². The van der Waals surface area contributed by atoms with Gasteiger partial charge in [-0.1, -0.05) is 6.58 Å². The number of pyridine rings is 1. The van der Waals surface area contributed by atoms with Gasteiger partial charge in [0.15, 0.2) is 0 Å². The Labute approximate surface area is 268 Å². The van der Waals surface area contributed by atoms with Crippen molar-refractivity contribution in [2.24, 2.45) is 0 Å². The fourth-order valence-corrected chi connectivity index (χ4v) is 7.28. The highest BCUT2D eigenvalue weighted by atomic mass is 32.1. The summed E-state index contributed by atoms with van der Waals surface area (Å²) in [5.74, 6) is -1.65. The normalized spacial score (nSPS) is 16.9. The summed E-state index contributed by atoms with van der Waals surface area (Å²) in [5, 5.41) is 12.3. The van der Waals surface area contributed by atoms with Crippen LogP contribution in [-0.4, -0.2) is 87.3 Å². The quantitative estimate of drug-likeness (QED) is 0.153. The summed E-state index contributed by atoms with van der Waals surface area (Å²) in [4.78, 5) is 21.7. The number of halogens is 2. The Hall–Kier alpha value is -4.46. The maximum Gasteiger partial charge on any atom is 0.246 e. The Bertz CT molecular complexity index is 1960. The van der Waals surface area contributed by atoms with Crippen molar-refractivity contribution >= 4 is 27.3 Å². The predicted octanol–water partition coefficient (Wildman–Crippen LogP) is 5.57. The van der Waals surface area contributed by atoms with Gasteiger partial charge in [-0.2, -0.15) is 10.2 Å². The van der Waals surface area contributed by atoms with E-state index in [0.29, 0.717) is 35.7 Å². The van der Waals surface area contributed by atoms with Gasteiger partial charge in [-0.3, -0.25) is 14.2 Å². The topological polar surface area (TPSA) is 90.5 Å². The standard InChI is InChI=1S/C33H33F2N7O3S/c1-5-28(43)40-7-8-41-26(19(40)2)14-25(38-41)32-30(29-24(35)12-21(34)13-27(29)45-10-9-44-4)33-23(6-11-46-33)31(37-32)20-15-36-42(16-20)22-17-39(3)18-22/h5-6,11-16,19,22H,1,7-10,17-18H2,2-4H3. The minimum Gasteiger partial charge on any atom is -0.490 e. The monoisotopic (exact) mass is 645 g/mol. The first-order chi connectivity index (χ1) is 22.3. The number of aromatic nitrogens is 5. The fourth-order valence-electron chi connectivity index (χ4n) is 6.33. The number of rotatable bonds is 9. The molecule has 238 valence electrons. The van der Waals surface area contributed by atoms with Gasteiger partial charge in [0.05, 0.1) is 48.4 Å². The highest BCUT2D eigenvalue weighted by Gasteiger charge is 2.32. The van der Waals surface area contributed by atoms with Crippen LogP contribution < -0.4 is 4.74 Å². The van der Waals surface area contributed by atoms with E-state index < -0.39 is 11.6 Å². The van der Waals surface area contributed by atoms with E-state index >= 15 is 4.39 Å². The molecule has 0 bridgehead atoms. The lowest BCUT2D eigenvalue weighted by Crippen LogP contribution is -2.45. The second-order valence-electron chi connectivity index (χ2n) is 11.6. The number of ether oxygens (including phenoxy) is 2. The molecule has 1 fully saturated rings. The molecule has 1 unspecified atom stereocenters. The van der Waals surface area contributed by atoms with Gasteiger partial charge in [0, 0.05) is 66.3 Å². The zero-order valence-electron chi connectivity index (χ0n) is 25.7. The van der Waals surface area contributed by atoms with E-state index in [1.54, 1.807) is 11.1 Å². The molecular formula is C33H33F2N7O3S. The number of hydrogen-bond acceptors (Lipinski definition) is 8. The molecule has 1 saturated heterocycles. The molecule has 1 atom stereocenters. The average Bonchev–Trinajstić information content (AvgIpc) is 3.79. The number of likely N-dealkylation sites (tertiary alicyclic amines) is 1. The largest absolute Gasteiger partial charge is 0.490 e. The van der Waals surface area contributed by atoms with Crippen molar-refractivity contribution < 1.29 is 23.0 Å². The molecule has 10 nitrogen and oxygen atoms in total. The first-order valence-electron chi connectivity index (χ1n) is 15.0. The summed E-state index contributed by atoms with van der Waals surface area (Å²) in [6.45, 7) is 8.68. The summed E-state index contributed by atoms with van der Waals surface area (Å²) in [6.07, 6.45) is 5.11. The molecule has 0 saturated carbocycles. The molecule has 0 N–H and O–H groups in total. The molecule has 6 heterocycles. The van der Waals surface area contributed by atoms with E-state index in [1.165, 1.54) is 30.6 Å². The minimum absolute atomic E-state index is 0.0436. The van der Waals surface area contributed by atoms with Crippen molar-refractivity contribution in [3.8, 4) is 39.5 Å². The molecule has 13 heteroatoms. The average molecular weight is 646 g/mol. The van der Waals surface area contributed by atoms with E-state index in [2.05, 4.69) is 23.6 Å². The maximum absolute atomic E-state index is 16.0. The maximum atomic E-state index is 16.0. The van der Waals surface area contributed by atoms with Crippen LogP contribution in [0.5, 0.6) is 5.75 Å². The molecule has 0 spiro atoms. The van der Waals surface area contributed by atoms with E-state index in [-0.39, 0.29) is 42.5 Å². The van der Waals surface area contributed by atoms with E-state index in [9.17, 15) is 9.18 Å². The molecule has 7 rings (SSSR count). The number of nitrogens with zero attached hydrogens (tertiary/aromatic N) is 7. The van der Waals surface area contributed by atoms with Crippen molar-refractivity contribution in [3.05, 3.63) is 72.0 Å². The van der Waals surface area contributed by atoms with E-state index in [4.69, 9.17) is 19.6 Å². The third-order valence-corrected chi connectivity index (χ3v) is 9.61. The summed E-state index contributed by atoms with van der Waals surface area (Å²) >= 11 is 1.44.